The molecule has 1 saturated heterocycles. The zero-order valence-electron chi connectivity index (χ0n) is 24.6. The SMILES string of the molecule is CNc1nc(N)nc2c1ncn2[C@@H]1O[C@@H]2C(O[P@@](=O)(N[C@H](C)C(=O)OC(C)C)Oc3cccc4ccccc34)[C@]2(O)[C@@]1(C)F. The van der Waals surface area contributed by atoms with Gasteiger partial charge in [0.1, 0.15) is 24.0 Å². The number of carbonyl (C=O) groups excluding carboxylic acids is 1. The number of hydrogen-bond donors (Lipinski definition) is 4. The topological polar surface area (TPSA) is 185 Å². The Hall–Kier alpha value is -3.88. The number of aliphatic hydroxyl groups is 1. The van der Waals surface area contributed by atoms with Crippen LogP contribution in [0.3, 0.4) is 0 Å². The van der Waals surface area contributed by atoms with E-state index in [0.717, 1.165) is 12.3 Å². The molecule has 0 bridgehead atoms. The number of benzene rings is 2. The van der Waals surface area contributed by atoms with E-state index >= 15 is 4.39 Å². The zero-order chi connectivity index (χ0) is 31.6. The summed E-state index contributed by atoms with van der Waals surface area (Å²) in [6.45, 7) is 5.92. The predicted molar refractivity (Wildman–Crippen MR) is 159 cm³/mol. The van der Waals surface area contributed by atoms with Gasteiger partial charge in [-0.2, -0.15) is 15.1 Å². The van der Waals surface area contributed by atoms with Crippen LogP contribution >= 0.6 is 7.75 Å². The van der Waals surface area contributed by atoms with Gasteiger partial charge in [0.25, 0.3) is 0 Å². The number of nitrogens with zero attached hydrogens (tertiary/aromatic N) is 4. The zero-order valence-corrected chi connectivity index (χ0v) is 25.5. The fourth-order valence-electron chi connectivity index (χ4n) is 5.51. The fourth-order valence-corrected chi connectivity index (χ4v) is 7.23. The van der Waals surface area contributed by atoms with Crippen molar-refractivity contribution >= 4 is 47.4 Å². The smallest absolute Gasteiger partial charge is 0.459 e. The standard InChI is InChI=1S/C28H33FN7O7P/c1-14(2)40-24(37)15(3)35-44(39,42-18-12-8-10-16-9-6-7-11-17(16)18)43-21-20-28(21,38)27(4,29)25(41-20)36-13-32-19-22(31-5)33-26(30)34-23(19)36/h6-15,20-21,25,38H,1-5H3,(H,35,39)(H3,30,31,33,34)/t15-,20-,21?,25-,27+,28+,44-/m1/s1. The minimum Gasteiger partial charge on any atom is -0.462 e. The van der Waals surface area contributed by atoms with E-state index in [2.05, 4.69) is 25.4 Å². The third-order valence-corrected chi connectivity index (χ3v) is 9.41. The lowest BCUT2D eigenvalue weighted by Crippen LogP contribution is -2.45. The second-order valence-electron chi connectivity index (χ2n) is 11.2. The Morgan fingerprint density at radius 3 is 2.61 bits per heavy atom. The maximum absolute atomic E-state index is 16.6. The number of carbonyl (C=O) groups is 1. The van der Waals surface area contributed by atoms with E-state index in [0.29, 0.717) is 16.7 Å². The molecule has 1 aliphatic heterocycles. The number of esters is 1. The van der Waals surface area contributed by atoms with Crippen LogP contribution in [0.15, 0.2) is 48.8 Å². The lowest BCUT2D eigenvalue weighted by Gasteiger charge is -2.32. The second kappa shape index (κ2) is 10.6. The predicted octanol–water partition coefficient (Wildman–Crippen LogP) is 3.48. The third kappa shape index (κ3) is 4.85. The van der Waals surface area contributed by atoms with Crippen molar-refractivity contribution in [3.05, 3.63) is 48.8 Å². The Labute approximate surface area is 251 Å². The van der Waals surface area contributed by atoms with E-state index in [1.165, 1.54) is 17.8 Å². The maximum Gasteiger partial charge on any atom is 0.459 e. The van der Waals surface area contributed by atoms with E-state index in [4.69, 9.17) is 24.3 Å². The van der Waals surface area contributed by atoms with Gasteiger partial charge in [-0.05, 0) is 39.1 Å². The average Bonchev–Trinajstić information content (AvgIpc) is 3.21. The largest absolute Gasteiger partial charge is 0.462 e. The number of anilines is 2. The number of rotatable bonds is 10. The monoisotopic (exact) mass is 629 g/mol. The van der Waals surface area contributed by atoms with E-state index in [9.17, 15) is 14.5 Å². The van der Waals surface area contributed by atoms with E-state index in [1.807, 2.05) is 18.2 Å². The number of halogens is 1. The molecule has 1 unspecified atom stereocenters. The number of nitrogens with two attached hydrogens (primary N) is 1. The molecule has 14 nitrogen and oxygen atoms in total. The van der Waals surface area contributed by atoms with Crippen molar-refractivity contribution < 1.29 is 37.4 Å². The molecule has 6 rings (SSSR count). The highest BCUT2D eigenvalue weighted by Crippen LogP contribution is 2.66. The molecule has 7 atom stereocenters. The molecular weight excluding hydrogens is 596 g/mol. The van der Waals surface area contributed by atoms with Gasteiger partial charge in [0.2, 0.25) is 5.95 Å². The molecule has 2 aromatic carbocycles. The summed E-state index contributed by atoms with van der Waals surface area (Å²) in [5, 5.41) is 18.5. The molecule has 0 amide bonds. The van der Waals surface area contributed by atoms with E-state index in [-0.39, 0.29) is 17.3 Å². The first-order chi connectivity index (χ1) is 20.8. The molecule has 234 valence electrons. The van der Waals surface area contributed by atoms with Crippen LogP contribution in [0.4, 0.5) is 16.2 Å². The lowest BCUT2D eigenvalue weighted by molar-refractivity contribution is -0.149. The quantitative estimate of drug-likeness (QED) is 0.148. The summed E-state index contributed by atoms with van der Waals surface area (Å²) in [5.41, 5.74) is 1.60. The molecule has 2 aliphatic rings. The van der Waals surface area contributed by atoms with Gasteiger partial charge in [-0.1, -0.05) is 36.4 Å². The highest BCUT2D eigenvalue weighted by Gasteiger charge is 2.85. The number of imidazole rings is 1. The van der Waals surface area contributed by atoms with Crippen molar-refractivity contribution in [2.24, 2.45) is 0 Å². The van der Waals surface area contributed by atoms with E-state index < -0.39 is 55.6 Å². The first kappa shape index (κ1) is 30.2. The Bertz CT molecular complexity index is 1800. The molecule has 2 aromatic heterocycles. The van der Waals surface area contributed by atoms with Crippen LogP contribution in [-0.2, 0) is 23.4 Å². The number of hydrogen-bond acceptors (Lipinski definition) is 12. The van der Waals surface area contributed by atoms with Crippen molar-refractivity contribution in [2.45, 2.75) is 69.5 Å². The summed E-state index contributed by atoms with van der Waals surface area (Å²) < 4.78 is 55.3. The first-order valence-electron chi connectivity index (χ1n) is 14.0. The summed E-state index contributed by atoms with van der Waals surface area (Å²) in [4.78, 5) is 25.2. The summed E-state index contributed by atoms with van der Waals surface area (Å²) in [6.07, 6.45) is -3.21. The highest BCUT2D eigenvalue weighted by atomic mass is 31.2. The molecule has 1 aliphatic carbocycles. The van der Waals surface area contributed by atoms with Crippen LogP contribution in [0.2, 0.25) is 0 Å². The lowest BCUT2D eigenvalue weighted by atomic mass is 9.97. The van der Waals surface area contributed by atoms with Gasteiger partial charge in [0.15, 0.2) is 34.5 Å². The van der Waals surface area contributed by atoms with Gasteiger partial charge in [-0.3, -0.25) is 13.9 Å². The van der Waals surface area contributed by atoms with Crippen molar-refractivity contribution in [3.8, 4) is 5.75 Å². The second-order valence-corrected chi connectivity index (χ2v) is 12.9. The van der Waals surface area contributed by atoms with Gasteiger partial charge in [0, 0.05) is 12.4 Å². The minimum atomic E-state index is -4.50. The number of nitrogen functional groups attached to an aromatic ring is 1. The number of nitrogens with one attached hydrogen (secondary N) is 2. The van der Waals surface area contributed by atoms with Crippen LogP contribution in [0, 0.1) is 0 Å². The molecule has 44 heavy (non-hydrogen) atoms. The Kier molecular flexibility index (Phi) is 7.29. The molecule has 1 saturated carbocycles. The Morgan fingerprint density at radius 2 is 1.93 bits per heavy atom. The van der Waals surface area contributed by atoms with Crippen LogP contribution in [-0.4, -0.2) is 73.3 Å². The molecule has 16 heteroatoms. The Morgan fingerprint density at radius 1 is 1.20 bits per heavy atom. The minimum absolute atomic E-state index is 0.0741. The number of fused-ring (bicyclic) bond motifs is 3. The number of alkyl halides is 1. The van der Waals surface area contributed by atoms with Gasteiger partial charge in [-0.15, -0.1) is 0 Å². The molecule has 0 radical (unpaired) electrons. The molecule has 2 fully saturated rings. The first-order valence-corrected chi connectivity index (χ1v) is 15.5. The molecule has 4 aromatic rings. The summed E-state index contributed by atoms with van der Waals surface area (Å²) in [6, 6.07) is 11.2. The van der Waals surface area contributed by atoms with Gasteiger partial charge in [0.05, 0.1) is 12.4 Å². The van der Waals surface area contributed by atoms with E-state index in [1.54, 1.807) is 45.2 Å². The van der Waals surface area contributed by atoms with Crippen LogP contribution in [0.1, 0.15) is 33.9 Å². The van der Waals surface area contributed by atoms with Crippen molar-refractivity contribution in [1.82, 2.24) is 24.6 Å². The summed E-state index contributed by atoms with van der Waals surface area (Å²) in [7, 11) is -2.88. The number of ether oxygens (including phenoxy) is 2. The van der Waals surface area contributed by atoms with Gasteiger partial charge >= 0.3 is 13.7 Å². The van der Waals surface area contributed by atoms with Crippen molar-refractivity contribution in [3.63, 3.8) is 0 Å². The summed E-state index contributed by atoms with van der Waals surface area (Å²) in [5.74, 6) is -0.265. The van der Waals surface area contributed by atoms with Crippen LogP contribution < -0.4 is 20.7 Å². The molecule has 0 spiro atoms. The Balaban J connectivity index is 1.30. The number of aromatic nitrogens is 4. The highest BCUT2D eigenvalue weighted by molar-refractivity contribution is 7.52. The summed E-state index contributed by atoms with van der Waals surface area (Å²) >= 11 is 0. The van der Waals surface area contributed by atoms with Crippen molar-refractivity contribution in [1.29, 1.82) is 0 Å². The normalized spacial score (nSPS) is 28.0. The molecular formula is C28H33FN7O7P. The molecule has 3 heterocycles. The van der Waals surface area contributed by atoms with Crippen LogP contribution in [0.5, 0.6) is 5.75 Å². The van der Waals surface area contributed by atoms with Crippen LogP contribution in [0.25, 0.3) is 21.9 Å². The maximum atomic E-state index is 16.6. The average molecular weight is 630 g/mol. The molecule has 5 N–H and O–H groups in total. The van der Waals surface area contributed by atoms with Gasteiger partial charge < -0.3 is 30.2 Å². The third-order valence-electron chi connectivity index (χ3n) is 7.76. The fraction of sp³-hybridized carbons (Fsp3) is 0.429. The van der Waals surface area contributed by atoms with Gasteiger partial charge in [-0.25, -0.2) is 13.9 Å². The van der Waals surface area contributed by atoms with Crippen molar-refractivity contribution in [2.75, 3.05) is 18.1 Å².